The van der Waals surface area contributed by atoms with E-state index in [1.807, 2.05) is 30.3 Å². The highest BCUT2D eigenvalue weighted by Crippen LogP contribution is 2.24. The minimum absolute atomic E-state index is 0.229. The molecule has 0 amide bonds. The fourth-order valence-corrected chi connectivity index (χ4v) is 1.74. The zero-order valence-corrected chi connectivity index (χ0v) is 8.43. The molecule has 2 rings (SSSR count). The van der Waals surface area contributed by atoms with E-state index >= 15 is 0 Å². The van der Waals surface area contributed by atoms with Crippen molar-refractivity contribution in [2.75, 3.05) is 0 Å². The Labute approximate surface area is 89.2 Å². The number of benzene rings is 1. The second kappa shape index (κ2) is 3.91. The molecule has 0 bridgehead atoms. The minimum atomic E-state index is -0.854. The quantitative estimate of drug-likeness (QED) is 0.773. The van der Waals surface area contributed by atoms with Crippen LogP contribution in [0.1, 0.15) is 12.0 Å². The van der Waals surface area contributed by atoms with Crippen molar-refractivity contribution in [3.63, 3.8) is 0 Å². The molecule has 1 aliphatic carbocycles. The average molecular weight is 202 g/mol. The van der Waals surface area contributed by atoms with Crippen molar-refractivity contribution in [2.24, 2.45) is 0 Å². The first-order chi connectivity index (χ1) is 7.18. The summed E-state index contributed by atoms with van der Waals surface area (Å²) in [4.78, 5) is 0. The van der Waals surface area contributed by atoms with Crippen LogP contribution in [0.3, 0.4) is 0 Å². The van der Waals surface area contributed by atoms with Crippen LogP contribution in [0.25, 0.3) is 0 Å². The van der Waals surface area contributed by atoms with Gasteiger partial charge in [0.15, 0.2) is 0 Å². The lowest BCUT2D eigenvalue weighted by molar-refractivity contribution is 0.0912. The molecular weight excluding hydrogens is 188 g/mol. The molecule has 1 unspecified atom stereocenters. The van der Waals surface area contributed by atoms with Crippen molar-refractivity contribution in [1.29, 1.82) is 0 Å². The fraction of sp³-hybridized carbons (Fsp3) is 0.231. The number of hydrogen-bond donors (Lipinski definition) is 2. The smallest absolute Gasteiger partial charge is 0.111 e. The van der Waals surface area contributed by atoms with Gasteiger partial charge < -0.3 is 10.2 Å². The molecule has 0 radical (unpaired) electrons. The van der Waals surface area contributed by atoms with Gasteiger partial charge in [0.2, 0.25) is 0 Å². The highest BCUT2D eigenvalue weighted by molar-refractivity contribution is 5.26. The van der Waals surface area contributed by atoms with E-state index in [2.05, 4.69) is 0 Å². The van der Waals surface area contributed by atoms with Gasteiger partial charge in [-0.2, -0.15) is 0 Å². The van der Waals surface area contributed by atoms with Gasteiger partial charge in [-0.05, 0) is 23.8 Å². The lowest BCUT2D eigenvalue weighted by Gasteiger charge is -2.25. The van der Waals surface area contributed by atoms with Crippen LogP contribution in [0.4, 0.5) is 0 Å². The summed E-state index contributed by atoms with van der Waals surface area (Å²) in [6.07, 6.45) is 5.89. The van der Waals surface area contributed by atoms with Crippen molar-refractivity contribution in [3.05, 3.63) is 59.9 Å². The largest absolute Gasteiger partial charge is 0.508 e. The molecule has 0 spiro atoms. The average Bonchev–Trinajstić information content (AvgIpc) is 2.24. The first-order valence-electron chi connectivity index (χ1n) is 5.03. The summed E-state index contributed by atoms with van der Waals surface area (Å²) in [5.74, 6) is 0.229. The van der Waals surface area contributed by atoms with Crippen molar-refractivity contribution in [1.82, 2.24) is 0 Å². The highest BCUT2D eigenvalue weighted by Gasteiger charge is 2.25. The third-order valence-corrected chi connectivity index (χ3v) is 2.58. The predicted molar refractivity (Wildman–Crippen MR) is 59.6 cm³/mol. The van der Waals surface area contributed by atoms with E-state index in [0.717, 1.165) is 5.56 Å². The summed E-state index contributed by atoms with van der Waals surface area (Å²) in [6.45, 7) is 0. The van der Waals surface area contributed by atoms with E-state index in [1.165, 1.54) is 0 Å². The van der Waals surface area contributed by atoms with Gasteiger partial charge in [-0.1, -0.05) is 30.3 Å². The Hall–Kier alpha value is -1.54. The maximum absolute atomic E-state index is 10.2. The van der Waals surface area contributed by atoms with E-state index in [4.69, 9.17) is 0 Å². The van der Waals surface area contributed by atoms with Crippen LogP contribution < -0.4 is 0 Å². The van der Waals surface area contributed by atoms with Crippen LogP contribution in [0.2, 0.25) is 0 Å². The molecule has 0 aromatic heterocycles. The third-order valence-electron chi connectivity index (χ3n) is 2.58. The second-order valence-corrected chi connectivity index (χ2v) is 3.93. The number of rotatable bonds is 2. The van der Waals surface area contributed by atoms with Crippen LogP contribution in [0.15, 0.2) is 54.3 Å². The lowest BCUT2D eigenvalue weighted by atomic mass is 9.88. The summed E-state index contributed by atoms with van der Waals surface area (Å²) < 4.78 is 0. The van der Waals surface area contributed by atoms with Crippen LogP contribution >= 0.6 is 0 Å². The summed E-state index contributed by atoms with van der Waals surface area (Å²) in [5.41, 5.74) is 0.243. The van der Waals surface area contributed by atoms with Gasteiger partial charge in [-0.3, -0.25) is 0 Å². The molecule has 0 heterocycles. The second-order valence-electron chi connectivity index (χ2n) is 3.93. The van der Waals surface area contributed by atoms with Crippen molar-refractivity contribution in [2.45, 2.75) is 18.4 Å². The highest BCUT2D eigenvalue weighted by atomic mass is 16.3. The van der Waals surface area contributed by atoms with Gasteiger partial charge in [0, 0.05) is 12.8 Å². The molecule has 0 fully saturated rings. The van der Waals surface area contributed by atoms with E-state index in [9.17, 15) is 10.2 Å². The topological polar surface area (TPSA) is 40.5 Å². The summed E-state index contributed by atoms with van der Waals surface area (Å²) in [6, 6.07) is 9.85. The van der Waals surface area contributed by atoms with E-state index in [-0.39, 0.29) is 5.76 Å². The Morgan fingerprint density at radius 3 is 2.53 bits per heavy atom. The molecule has 2 nitrogen and oxygen atoms in total. The van der Waals surface area contributed by atoms with Crippen molar-refractivity contribution in [3.8, 4) is 0 Å². The Balaban J connectivity index is 2.10. The molecule has 1 aromatic rings. The molecule has 1 aliphatic rings. The van der Waals surface area contributed by atoms with Gasteiger partial charge in [0.1, 0.15) is 5.76 Å². The van der Waals surface area contributed by atoms with Gasteiger partial charge in [0.25, 0.3) is 0 Å². The zero-order valence-electron chi connectivity index (χ0n) is 8.43. The molecular formula is C13H14O2. The maximum atomic E-state index is 10.2. The molecule has 0 saturated heterocycles. The molecule has 2 heteroatoms. The Bertz CT molecular complexity index is 392. The molecule has 0 aliphatic heterocycles. The molecule has 0 saturated carbocycles. The van der Waals surface area contributed by atoms with Crippen molar-refractivity contribution < 1.29 is 10.2 Å². The van der Waals surface area contributed by atoms with Crippen LogP contribution in [-0.4, -0.2) is 15.8 Å². The first kappa shape index (κ1) is 9.99. The van der Waals surface area contributed by atoms with Gasteiger partial charge in [0.05, 0.1) is 5.60 Å². The number of aliphatic hydroxyl groups is 2. The summed E-state index contributed by atoms with van der Waals surface area (Å²) in [5, 5.41) is 19.4. The molecule has 15 heavy (non-hydrogen) atoms. The predicted octanol–water partition coefficient (Wildman–Crippen LogP) is 2.36. The molecule has 2 N–H and O–H groups in total. The van der Waals surface area contributed by atoms with E-state index < -0.39 is 5.60 Å². The van der Waals surface area contributed by atoms with Crippen LogP contribution in [0, 0.1) is 0 Å². The van der Waals surface area contributed by atoms with Gasteiger partial charge in [-0.15, -0.1) is 0 Å². The monoisotopic (exact) mass is 202 g/mol. The normalized spacial score (nSPS) is 25.0. The number of hydrogen-bond acceptors (Lipinski definition) is 2. The number of allylic oxidation sites excluding steroid dienone is 1. The van der Waals surface area contributed by atoms with E-state index in [0.29, 0.717) is 12.8 Å². The first-order valence-corrected chi connectivity index (χ1v) is 5.03. The van der Waals surface area contributed by atoms with Gasteiger partial charge >= 0.3 is 0 Å². The summed E-state index contributed by atoms with van der Waals surface area (Å²) >= 11 is 0. The van der Waals surface area contributed by atoms with Crippen LogP contribution in [-0.2, 0) is 6.42 Å². The standard InChI is InChI=1S/C13H14O2/c14-12-6-8-13(15,9-7-12)10-11-4-2-1-3-5-11/h1-8,14-15H,9-10H2. The molecule has 1 atom stereocenters. The fourth-order valence-electron chi connectivity index (χ4n) is 1.74. The Kier molecular flexibility index (Phi) is 2.60. The van der Waals surface area contributed by atoms with Gasteiger partial charge in [-0.25, -0.2) is 0 Å². The number of aliphatic hydroxyl groups excluding tert-OH is 1. The summed E-state index contributed by atoms with van der Waals surface area (Å²) in [7, 11) is 0. The third kappa shape index (κ3) is 2.48. The van der Waals surface area contributed by atoms with Crippen molar-refractivity contribution >= 4 is 0 Å². The Morgan fingerprint density at radius 1 is 1.20 bits per heavy atom. The van der Waals surface area contributed by atoms with Crippen LogP contribution in [0.5, 0.6) is 0 Å². The zero-order chi connectivity index (χ0) is 10.7. The Morgan fingerprint density at radius 2 is 1.93 bits per heavy atom. The SMILES string of the molecule is OC1=CCC(O)(Cc2ccccc2)C=C1. The minimum Gasteiger partial charge on any atom is -0.508 e. The maximum Gasteiger partial charge on any atom is 0.111 e. The molecule has 78 valence electrons. The van der Waals surface area contributed by atoms with E-state index in [1.54, 1.807) is 18.2 Å². The lowest BCUT2D eigenvalue weighted by Crippen LogP contribution is -2.29. The molecule has 1 aromatic carbocycles.